The monoisotopic (exact) mass is 429 g/mol. The van der Waals surface area contributed by atoms with Crippen molar-refractivity contribution in [2.24, 2.45) is 4.99 Å². The third kappa shape index (κ3) is 6.84. The number of nitrogens with zero attached hydrogens (tertiary/aromatic N) is 1. The maximum Gasteiger partial charge on any atom is 0.422 e. The van der Waals surface area contributed by atoms with E-state index in [0.29, 0.717) is 22.3 Å². The van der Waals surface area contributed by atoms with Crippen LogP contribution in [0.5, 0.6) is 0 Å². The normalized spacial score (nSPS) is 12.8. The first kappa shape index (κ1) is 21.3. The summed E-state index contributed by atoms with van der Waals surface area (Å²) < 4.78 is 41.2. The van der Waals surface area contributed by atoms with Gasteiger partial charge in [-0.3, -0.25) is 0 Å². The van der Waals surface area contributed by atoms with E-state index in [1.165, 1.54) is 11.8 Å². The first-order valence-electron chi connectivity index (χ1n) is 8.80. The highest BCUT2D eigenvalue weighted by Crippen LogP contribution is 2.40. The van der Waals surface area contributed by atoms with Gasteiger partial charge in [0.05, 0.1) is 10.6 Å². The van der Waals surface area contributed by atoms with Crippen molar-refractivity contribution in [2.75, 3.05) is 0 Å². The van der Waals surface area contributed by atoms with Crippen molar-refractivity contribution in [3.8, 4) is 0 Å². The molecule has 0 N–H and O–H groups in total. The van der Waals surface area contributed by atoms with Gasteiger partial charge in [-0.1, -0.05) is 77.6 Å². The van der Waals surface area contributed by atoms with Crippen LogP contribution in [0.15, 0.2) is 111 Å². The Morgan fingerprint density at radius 1 is 0.759 bits per heavy atom. The highest BCUT2D eigenvalue weighted by molar-refractivity contribution is 8.14. The molecule has 0 spiro atoms. The Balaban J connectivity index is 2.00. The second-order valence-corrected chi connectivity index (χ2v) is 8.33. The van der Waals surface area contributed by atoms with Gasteiger partial charge in [0, 0.05) is 9.79 Å². The van der Waals surface area contributed by atoms with Crippen molar-refractivity contribution in [3.05, 3.63) is 101 Å². The molecule has 29 heavy (non-hydrogen) atoms. The molecule has 1 nitrogen and oxygen atoms in total. The number of alkyl halides is 3. The number of allylic oxidation sites excluding steroid dienone is 1. The summed E-state index contributed by atoms with van der Waals surface area (Å²) in [7, 11) is 0. The Morgan fingerprint density at radius 3 is 1.79 bits per heavy atom. The highest BCUT2D eigenvalue weighted by atomic mass is 32.2. The minimum absolute atomic E-state index is 0.274. The predicted molar refractivity (Wildman–Crippen MR) is 117 cm³/mol. The lowest BCUT2D eigenvalue weighted by atomic mass is 10.2. The zero-order valence-electron chi connectivity index (χ0n) is 15.6. The number of rotatable bonds is 5. The lowest BCUT2D eigenvalue weighted by molar-refractivity contribution is -0.0835. The average molecular weight is 430 g/mol. The van der Waals surface area contributed by atoms with Crippen LogP contribution in [-0.2, 0) is 0 Å². The number of thioether (sulfide) groups is 2. The van der Waals surface area contributed by atoms with E-state index in [2.05, 4.69) is 4.99 Å². The molecule has 0 aromatic heterocycles. The lowest BCUT2D eigenvalue weighted by Crippen LogP contribution is -2.10. The number of halogens is 3. The topological polar surface area (TPSA) is 12.4 Å². The van der Waals surface area contributed by atoms with Crippen LogP contribution in [0.4, 0.5) is 18.9 Å². The van der Waals surface area contributed by atoms with E-state index >= 15 is 0 Å². The SMILES string of the molecule is Cc1ccc(/N=C(/C=C(Sc2ccccc2)C(F)(F)F)Sc2ccccc2)cc1. The summed E-state index contributed by atoms with van der Waals surface area (Å²) in [4.78, 5) is 5.11. The summed E-state index contributed by atoms with van der Waals surface area (Å²) in [6.07, 6.45) is -3.36. The van der Waals surface area contributed by atoms with E-state index in [0.717, 1.165) is 16.5 Å². The van der Waals surface area contributed by atoms with E-state index in [4.69, 9.17) is 0 Å². The van der Waals surface area contributed by atoms with Gasteiger partial charge in [-0.05, 0) is 49.4 Å². The van der Waals surface area contributed by atoms with E-state index in [9.17, 15) is 13.2 Å². The molecule has 148 valence electrons. The standard InChI is InChI=1S/C23H18F3NS2/c1-17-12-14-18(15-13-17)27-22(29-20-10-6-3-7-11-20)16-21(23(24,25)26)28-19-8-4-2-5-9-19/h2-16H,1H3/b21-16?,27-22-. The summed E-state index contributed by atoms with van der Waals surface area (Å²) in [6, 6.07) is 25.1. The van der Waals surface area contributed by atoms with Gasteiger partial charge in [0.1, 0.15) is 5.04 Å². The van der Waals surface area contributed by atoms with Crippen LogP contribution in [-0.4, -0.2) is 11.2 Å². The summed E-state index contributed by atoms with van der Waals surface area (Å²) in [6.45, 7) is 1.95. The third-order valence-corrected chi connectivity index (χ3v) is 5.75. The van der Waals surface area contributed by atoms with Gasteiger partial charge in [-0.15, -0.1) is 0 Å². The Morgan fingerprint density at radius 2 is 1.28 bits per heavy atom. The molecule has 0 bridgehead atoms. The van der Waals surface area contributed by atoms with Crippen LogP contribution in [0.1, 0.15) is 5.56 Å². The minimum atomic E-state index is -4.48. The zero-order valence-corrected chi connectivity index (χ0v) is 17.2. The minimum Gasteiger partial charge on any atom is -0.242 e. The summed E-state index contributed by atoms with van der Waals surface area (Å²) in [5.41, 5.74) is 1.67. The highest BCUT2D eigenvalue weighted by Gasteiger charge is 2.35. The van der Waals surface area contributed by atoms with Crippen molar-refractivity contribution in [3.63, 3.8) is 0 Å². The number of hydrogen-bond acceptors (Lipinski definition) is 3. The molecule has 0 unspecified atom stereocenters. The van der Waals surface area contributed by atoms with E-state index in [-0.39, 0.29) is 5.04 Å². The number of hydrogen-bond donors (Lipinski definition) is 0. The average Bonchev–Trinajstić information content (AvgIpc) is 2.70. The molecule has 3 rings (SSSR count). The van der Waals surface area contributed by atoms with Gasteiger partial charge >= 0.3 is 6.18 Å². The van der Waals surface area contributed by atoms with Crippen LogP contribution in [0.2, 0.25) is 0 Å². The molecule has 0 aliphatic heterocycles. The van der Waals surface area contributed by atoms with Crippen LogP contribution in [0.3, 0.4) is 0 Å². The van der Waals surface area contributed by atoms with Gasteiger partial charge in [0.2, 0.25) is 0 Å². The molecule has 3 aromatic carbocycles. The van der Waals surface area contributed by atoms with Crippen molar-refractivity contribution in [2.45, 2.75) is 22.9 Å². The fourth-order valence-electron chi connectivity index (χ4n) is 2.34. The smallest absolute Gasteiger partial charge is 0.242 e. The molecule has 0 radical (unpaired) electrons. The third-order valence-electron chi connectivity index (χ3n) is 3.74. The zero-order chi connectivity index (χ0) is 20.7. The van der Waals surface area contributed by atoms with E-state index < -0.39 is 11.1 Å². The summed E-state index contributed by atoms with van der Waals surface area (Å²) in [5.74, 6) is 0. The van der Waals surface area contributed by atoms with Gasteiger partial charge in [-0.25, -0.2) is 4.99 Å². The lowest BCUT2D eigenvalue weighted by Gasteiger charge is -2.12. The molecule has 0 heterocycles. The van der Waals surface area contributed by atoms with Crippen molar-refractivity contribution in [1.82, 2.24) is 0 Å². The molecule has 3 aromatic rings. The molecule has 0 saturated carbocycles. The summed E-state index contributed by atoms with van der Waals surface area (Å²) >= 11 is 1.89. The largest absolute Gasteiger partial charge is 0.422 e. The summed E-state index contributed by atoms with van der Waals surface area (Å²) in [5, 5.41) is 0.274. The number of benzene rings is 3. The Labute approximate surface area is 176 Å². The van der Waals surface area contributed by atoms with E-state index in [1.54, 1.807) is 42.5 Å². The van der Waals surface area contributed by atoms with E-state index in [1.807, 2.05) is 49.4 Å². The maximum absolute atomic E-state index is 13.7. The maximum atomic E-state index is 13.7. The molecule has 0 amide bonds. The Kier molecular flexibility index (Phi) is 7.23. The number of aryl methyl sites for hydroxylation is 1. The fraction of sp³-hybridized carbons (Fsp3) is 0.0870. The number of aliphatic imine (C=N–C) groups is 1. The molecule has 0 aliphatic rings. The molecule has 0 fully saturated rings. The Bertz CT molecular complexity index is 980. The fourth-order valence-corrected chi connectivity index (χ4v) is 4.11. The van der Waals surface area contributed by atoms with Crippen LogP contribution in [0.25, 0.3) is 0 Å². The molecule has 0 aliphatic carbocycles. The van der Waals surface area contributed by atoms with Gasteiger partial charge in [-0.2, -0.15) is 13.2 Å². The van der Waals surface area contributed by atoms with Crippen molar-refractivity contribution >= 4 is 34.3 Å². The molecular formula is C23H18F3NS2. The second kappa shape index (κ2) is 9.85. The van der Waals surface area contributed by atoms with Crippen molar-refractivity contribution in [1.29, 1.82) is 0 Å². The molecular weight excluding hydrogens is 411 g/mol. The first-order chi connectivity index (χ1) is 13.9. The predicted octanol–water partition coefficient (Wildman–Crippen LogP) is 8.06. The molecule has 0 atom stereocenters. The van der Waals surface area contributed by atoms with Gasteiger partial charge in [0.15, 0.2) is 0 Å². The van der Waals surface area contributed by atoms with Crippen molar-refractivity contribution < 1.29 is 13.2 Å². The van der Waals surface area contributed by atoms with Crippen LogP contribution >= 0.6 is 23.5 Å². The molecule has 0 saturated heterocycles. The van der Waals surface area contributed by atoms with Gasteiger partial charge in [0.25, 0.3) is 0 Å². The molecule has 6 heteroatoms. The van der Waals surface area contributed by atoms with Crippen LogP contribution in [0, 0.1) is 6.92 Å². The first-order valence-corrected chi connectivity index (χ1v) is 10.4. The van der Waals surface area contributed by atoms with Gasteiger partial charge < -0.3 is 0 Å². The Hall–Kier alpha value is -2.44. The van der Waals surface area contributed by atoms with Crippen LogP contribution < -0.4 is 0 Å². The second-order valence-electron chi connectivity index (χ2n) is 6.12. The quantitative estimate of drug-likeness (QED) is 0.231.